The monoisotopic (exact) mass is 324 g/mol. The molecule has 4 nitrogen and oxygen atoms in total. The highest BCUT2D eigenvalue weighted by Crippen LogP contribution is 2.20. The van der Waals surface area contributed by atoms with Crippen molar-refractivity contribution in [1.29, 1.82) is 0 Å². The van der Waals surface area contributed by atoms with E-state index < -0.39 is 0 Å². The van der Waals surface area contributed by atoms with Crippen LogP contribution in [0.2, 0.25) is 0 Å². The predicted molar refractivity (Wildman–Crippen MR) is 77.7 cm³/mol. The molecule has 1 saturated heterocycles. The van der Waals surface area contributed by atoms with Crippen LogP contribution in [0.1, 0.15) is 30.1 Å². The van der Waals surface area contributed by atoms with Crippen molar-refractivity contribution < 1.29 is 10.0 Å². The molecule has 0 spiro atoms. The van der Waals surface area contributed by atoms with E-state index in [1.165, 1.54) is 0 Å². The number of rotatable bonds is 2. The van der Waals surface area contributed by atoms with Crippen LogP contribution >= 0.6 is 15.9 Å². The lowest BCUT2D eigenvalue weighted by atomic mass is 9.93. The van der Waals surface area contributed by atoms with Crippen molar-refractivity contribution >= 4 is 27.5 Å². The van der Waals surface area contributed by atoms with Crippen molar-refractivity contribution in [3.05, 3.63) is 34.3 Å². The van der Waals surface area contributed by atoms with Crippen LogP contribution in [-0.2, 0) is 0 Å². The van der Waals surface area contributed by atoms with Crippen molar-refractivity contribution in [1.82, 2.24) is 4.90 Å². The van der Waals surface area contributed by atoms with Gasteiger partial charge in [-0.25, -0.2) is 0 Å². The lowest BCUT2D eigenvalue weighted by molar-refractivity contribution is 0.0729. The quantitative estimate of drug-likeness (QED) is 0.671. The Hall–Kier alpha value is -1.36. The molecule has 1 aliphatic heterocycles. The van der Waals surface area contributed by atoms with Crippen LogP contribution in [0.4, 0.5) is 0 Å². The first-order chi connectivity index (χ1) is 9.15. The van der Waals surface area contributed by atoms with Crippen LogP contribution < -0.4 is 0 Å². The fraction of sp³-hybridized carbons (Fsp3) is 0.429. The van der Waals surface area contributed by atoms with Gasteiger partial charge in [-0.15, -0.1) is 0 Å². The van der Waals surface area contributed by atoms with E-state index in [1.54, 1.807) is 0 Å². The van der Waals surface area contributed by atoms with Gasteiger partial charge in [-0.1, -0.05) is 28.0 Å². The maximum Gasteiger partial charge on any atom is 0.253 e. The molecular weight excluding hydrogens is 308 g/mol. The van der Waals surface area contributed by atoms with Crippen LogP contribution in [0.15, 0.2) is 33.9 Å². The molecule has 1 heterocycles. The first-order valence-electron chi connectivity index (χ1n) is 6.41. The van der Waals surface area contributed by atoms with Crippen LogP contribution in [-0.4, -0.2) is 34.8 Å². The summed E-state index contributed by atoms with van der Waals surface area (Å²) in [4.78, 5) is 14.2. The Balaban J connectivity index is 2.10. The lowest BCUT2D eigenvalue weighted by Gasteiger charge is -2.32. The van der Waals surface area contributed by atoms with E-state index in [0.717, 1.165) is 16.6 Å². The normalized spacial score (nSPS) is 21.7. The number of hydrogen-bond acceptors (Lipinski definition) is 3. The molecule has 2 rings (SSSR count). The van der Waals surface area contributed by atoms with Gasteiger partial charge in [0.2, 0.25) is 0 Å². The molecule has 1 unspecified atom stereocenters. The third-order valence-electron chi connectivity index (χ3n) is 3.55. The molecule has 1 atom stereocenters. The zero-order valence-electron chi connectivity index (χ0n) is 10.8. The molecule has 1 amide bonds. The van der Waals surface area contributed by atoms with Gasteiger partial charge in [-0.2, -0.15) is 0 Å². The number of piperidine rings is 1. The highest BCUT2D eigenvalue weighted by Gasteiger charge is 2.28. The van der Waals surface area contributed by atoms with E-state index >= 15 is 0 Å². The van der Waals surface area contributed by atoms with Gasteiger partial charge in [0.25, 0.3) is 5.91 Å². The molecule has 0 bridgehead atoms. The number of benzene rings is 1. The summed E-state index contributed by atoms with van der Waals surface area (Å²) in [6.45, 7) is 3.29. The summed E-state index contributed by atoms with van der Waals surface area (Å²) in [6, 6.07) is 7.39. The minimum absolute atomic E-state index is 0.0444. The molecular formula is C14H17BrN2O2. The maximum absolute atomic E-state index is 12.4. The fourth-order valence-corrected chi connectivity index (χ4v) is 2.64. The zero-order valence-corrected chi connectivity index (χ0v) is 12.4. The first-order valence-corrected chi connectivity index (χ1v) is 7.20. The molecule has 19 heavy (non-hydrogen) atoms. The smallest absolute Gasteiger partial charge is 0.253 e. The molecule has 5 heteroatoms. The summed E-state index contributed by atoms with van der Waals surface area (Å²) in [5.74, 6) is 0.209. The number of likely N-dealkylation sites (tertiary alicyclic amines) is 1. The van der Waals surface area contributed by atoms with Gasteiger partial charge in [0.05, 0.1) is 5.71 Å². The van der Waals surface area contributed by atoms with E-state index in [2.05, 4.69) is 21.1 Å². The molecule has 0 saturated carbocycles. The van der Waals surface area contributed by atoms with Crippen LogP contribution in [0, 0.1) is 5.92 Å². The average molecular weight is 325 g/mol. The van der Waals surface area contributed by atoms with Crippen molar-refractivity contribution in [2.24, 2.45) is 11.1 Å². The maximum atomic E-state index is 12.4. The number of halogens is 1. The van der Waals surface area contributed by atoms with Gasteiger partial charge in [-0.3, -0.25) is 4.79 Å². The van der Waals surface area contributed by atoms with Gasteiger partial charge in [0.15, 0.2) is 0 Å². The van der Waals surface area contributed by atoms with Gasteiger partial charge in [0, 0.05) is 35.5 Å². The minimum atomic E-state index is 0.0444. The van der Waals surface area contributed by atoms with Gasteiger partial charge >= 0.3 is 0 Å². The Morgan fingerprint density at radius 3 is 2.74 bits per heavy atom. The van der Waals surface area contributed by atoms with Crippen molar-refractivity contribution in [2.75, 3.05) is 13.1 Å². The average Bonchev–Trinajstić information content (AvgIpc) is 2.46. The Labute approximate surface area is 121 Å². The van der Waals surface area contributed by atoms with Crippen molar-refractivity contribution in [3.63, 3.8) is 0 Å². The second-order valence-electron chi connectivity index (χ2n) is 4.70. The Morgan fingerprint density at radius 2 is 2.16 bits per heavy atom. The number of carbonyl (C=O) groups is 1. The van der Waals surface area contributed by atoms with Gasteiger partial charge in [0.1, 0.15) is 0 Å². The molecule has 1 fully saturated rings. The minimum Gasteiger partial charge on any atom is -0.411 e. The van der Waals surface area contributed by atoms with E-state index in [-0.39, 0.29) is 11.8 Å². The topological polar surface area (TPSA) is 52.9 Å². The highest BCUT2D eigenvalue weighted by atomic mass is 79.9. The summed E-state index contributed by atoms with van der Waals surface area (Å²) >= 11 is 3.36. The lowest BCUT2D eigenvalue weighted by Crippen LogP contribution is -2.44. The molecule has 0 aliphatic carbocycles. The highest BCUT2D eigenvalue weighted by molar-refractivity contribution is 9.10. The summed E-state index contributed by atoms with van der Waals surface area (Å²) in [5.41, 5.74) is 1.50. The molecule has 0 radical (unpaired) electrons. The predicted octanol–water partition coefficient (Wildman–Crippen LogP) is 3.15. The Morgan fingerprint density at radius 1 is 1.47 bits per heavy atom. The number of carbonyl (C=O) groups excluding carboxylic acids is 1. The summed E-state index contributed by atoms with van der Waals surface area (Å²) in [6.07, 6.45) is 1.53. The molecule has 1 N–H and O–H groups in total. The van der Waals surface area contributed by atoms with E-state index in [1.807, 2.05) is 36.1 Å². The van der Waals surface area contributed by atoms with Gasteiger partial charge in [-0.05, 0) is 30.7 Å². The Kier molecular flexibility index (Phi) is 4.58. The summed E-state index contributed by atoms with van der Waals surface area (Å²) in [5, 5.41) is 12.3. The molecule has 1 aromatic rings. The van der Waals surface area contributed by atoms with Crippen LogP contribution in [0.3, 0.4) is 0 Å². The zero-order chi connectivity index (χ0) is 13.8. The summed E-state index contributed by atoms with van der Waals surface area (Å²) in [7, 11) is 0. The van der Waals surface area contributed by atoms with Gasteiger partial charge < -0.3 is 10.1 Å². The number of oxime groups is 1. The largest absolute Gasteiger partial charge is 0.411 e. The fourth-order valence-electron chi connectivity index (χ4n) is 2.37. The molecule has 102 valence electrons. The molecule has 0 aromatic heterocycles. The number of amides is 1. The van der Waals surface area contributed by atoms with Crippen LogP contribution in [0.25, 0.3) is 0 Å². The third-order valence-corrected chi connectivity index (χ3v) is 4.08. The second-order valence-corrected chi connectivity index (χ2v) is 5.62. The van der Waals surface area contributed by atoms with Crippen LogP contribution in [0.5, 0.6) is 0 Å². The Bertz CT molecular complexity index is 485. The van der Waals surface area contributed by atoms with Crippen molar-refractivity contribution in [3.8, 4) is 0 Å². The van der Waals surface area contributed by atoms with E-state index in [9.17, 15) is 4.79 Å². The third kappa shape index (κ3) is 3.15. The first kappa shape index (κ1) is 14.1. The second kappa shape index (κ2) is 6.19. The van der Waals surface area contributed by atoms with E-state index in [4.69, 9.17) is 5.21 Å². The van der Waals surface area contributed by atoms with E-state index in [0.29, 0.717) is 25.1 Å². The number of hydrogen-bond donors (Lipinski definition) is 1. The standard InChI is InChI=1S/C14H17BrN2O2/c1-2-10-9-17(8-7-13(10)16-19)14(18)11-3-5-12(15)6-4-11/h3-6,10,19H,2,7-9H2,1H3/b16-13+. The molecule has 1 aromatic carbocycles. The van der Waals surface area contributed by atoms with Crippen molar-refractivity contribution in [2.45, 2.75) is 19.8 Å². The summed E-state index contributed by atoms with van der Waals surface area (Å²) < 4.78 is 0.962. The number of nitrogens with zero attached hydrogens (tertiary/aromatic N) is 2. The molecule has 1 aliphatic rings. The SMILES string of the molecule is CCC1CN(C(=O)c2ccc(Br)cc2)CC/C1=N\O.